The number of rotatable bonds is 8. The summed E-state index contributed by atoms with van der Waals surface area (Å²) in [5.41, 5.74) is 1.97. The fourth-order valence-electron chi connectivity index (χ4n) is 2.22. The summed E-state index contributed by atoms with van der Waals surface area (Å²) >= 11 is 0. The molecule has 0 heterocycles. The Morgan fingerprint density at radius 2 is 1.95 bits per heavy atom. The van der Waals surface area contributed by atoms with Crippen molar-refractivity contribution < 1.29 is 14.6 Å². The van der Waals surface area contributed by atoms with E-state index in [1.807, 2.05) is 45.9 Å². The zero-order valence-electron chi connectivity index (χ0n) is 13.5. The molecule has 0 saturated heterocycles. The van der Waals surface area contributed by atoms with E-state index in [0.29, 0.717) is 6.54 Å². The molecule has 0 aromatic heterocycles. The van der Waals surface area contributed by atoms with Crippen LogP contribution in [0.1, 0.15) is 37.8 Å². The molecule has 0 fully saturated rings. The second-order valence-corrected chi connectivity index (χ2v) is 5.70. The minimum atomic E-state index is -0.227. The number of aliphatic hydroxyl groups is 1. The van der Waals surface area contributed by atoms with Crippen LogP contribution in [0.15, 0.2) is 18.2 Å². The first-order chi connectivity index (χ1) is 9.96. The van der Waals surface area contributed by atoms with Crippen molar-refractivity contribution in [2.75, 3.05) is 19.8 Å². The van der Waals surface area contributed by atoms with Crippen LogP contribution < -0.4 is 10.1 Å². The third-order valence-corrected chi connectivity index (χ3v) is 4.19. The van der Waals surface area contributed by atoms with E-state index in [0.717, 1.165) is 24.2 Å². The first-order valence-corrected chi connectivity index (χ1v) is 7.54. The van der Waals surface area contributed by atoms with E-state index in [4.69, 9.17) is 4.74 Å². The number of hydrogen-bond acceptors (Lipinski definition) is 3. The zero-order chi connectivity index (χ0) is 15.9. The number of nitrogens with one attached hydrogen (secondary N) is 1. The summed E-state index contributed by atoms with van der Waals surface area (Å²) in [6, 6.07) is 5.87. The molecule has 0 spiro atoms. The van der Waals surface area contributed by atoms with Crippen molar-refractivity contribution in [2.45, 2.75) is 40.5 Å². The van der Waals surface area contributed by atoms with E-state index in [-0.39, 0.29) is 24.5 Å². The van der Waals surface area contributed by atoms with E-state index < -0.39 is 0 Å². The fraction of sp³-hybridized carbons (Fsp3) is 0.588. The van der Waals surface area contributed by atoms with Gasteiger partial charge in [0.25, 0.3) is 5.91 Å². The van der Waals surface area contributed by atoms with Crippen LogP contribution in [0.25, 0.3) is 0 Å². The van der Waals surface area contributed by atoms with E-state index in [9.17, 15) is 9.90 Å². The molecule has 0 radical (unpaired) electrons. The van der Waals surface area contributed by atoms with Gasteiger partial charge in [0.05, 0.1) is 6.61 Å². The number of benzene rings is 1. The predicted molar refractivity (Wildman–Crippen MR) is 84.5 cm³/mol. The minimum absolute atomic E-state index is 0.00115. The average molecular weight is 293 g/mol. The normalized spacial score (nSPS) is 11.3. The average Bonchev–Trinajstić information content (AvgIpc) is 2.48. The van der Waals surface area contributed by atoms with Crippen LogP contribution in [-0.2, 0) is 4.79 Å². The second kappa shape index (κ2) is 8.03. The highest BCUT2D eigenvalue weighted by molar-refractivity contribution is 5.77. The molecule has 0 aliphatic carbocycles. The van der Waals surface area contributed by atoms with Gasteiger partial charge in [-0.25, -0.2) is 0 Å². The molecule has 0 aliphatic rings. The molecule has 0 bridgehead atoms. The van der Waals surface area contributed by atoms with Gasteiger partial charge in [-0.1, -0.05) is 31.5 Å². The standard InChI is InChI=1S/C17H27NO3/c1-5-17(6-2,12-19)11-18-16(20)10-21-15-8-7-13(3)9-14(15)4/h7-9,19H,5-6,10-12H2,1-4H3,(H,18,20). The third-order valence-electron chi connectivity index (χ3n) is 4.19. The number of ether oxygens (including phenoxy) is 1. The van der Waals surface area contributed by atoms with E-state index in [1.165, 1.54) is 5.56 Å². The van der Waals surface area contributed by atoms with Gasteiger partial charge in [-0.2, -0.15) is 0 Å². The molecule has 0 atom stereocenters. The van der Waals surface area contributed by atoms with Gasteiger partial charge in [-0.05, 0) is 38.3 Å². The summed E-state index contributed by atoms with van der Waals surface area (Å²) in [4.78, 5) is 11.9. The fourth-order valence-corrected chi connectivity index (χ4v) is 2.22. The third kappa shape index (κ3) is 5.05. The number of aryl methyl sites for hydroxylation is 2. The molecule has 4 nitrogen and oxygen atoms in total. The lowest BCUT2D eigenvalue weighted by Gasteiger charge is -2.29. The highest BCUT2D eigenvalue weighted by atomic mass is 16.5. The van der Waals surface area contributed by atoms with Crippen molar-refractivity contribution in [3.63, 3.8) is 0 Å². The Morgan fingerprint density at radius 1 is 1.29 bits per heavy atom. The van der Waals surface area contributed by atoms with Crippen molar-refractivity contribution in [1.82, 2.24) is 5.32 Å². The van der Waals surface area contributed by atoms with Crippen LogP contribution in [0.2, 0.25) is 0 Å². The summed E-state index contributed by atoms with van der Waals surface area (Å²) in [7, 11) is 0. The largest absolute Gasteiger partial charge is 0.484 e. The Hall–Kier alpha value is -1.55. The summed E-state index contributed by atoms with van der Waals surface area (Å²) in [5, 5.41) is 12.3. The highest BCUT2D eigenvalue weighted by Gasteiger charge is 2.25. The maximum absolute atomic E-state index is 11.9. The Bertz CT molecular complexity index is 459. The Morgan fingerprint density at radius 3 is 2.48 bits per heavy atom. The molecule has 1 aromatic rings. The molecule has 0 saturated carbocycles. The molecule has 4 heteroatoms. The Balaban J connectivity index is 2.47. The molecule has 1 amide bonds. The first kappa shape index (κ1) is 17.5. The quantitative estimate of drug-likeness (QED) is 0.774. The van der Waals surface area contributed by atoms with Crippen LogP contribution in [0, 0.1) is 19.3 Å². The van der Waals surface area contributed by atoms with Gasteiger partial charge in [0.2, 0.25) is 0 Å². The number of carbonyl (C=O) groups excluding carboxylic acids is 1. The maximum Gasteiger partial charge on any atom is 0.257 e. The molecule has 1 rings (SSSR count). The van der Waals surface area contributed by atoms with Crippen LogP contribution in [0.4, 0.5) is 0 Å². The Kier molecular flexibility index (Phi) is 6.69. The van der Waals surface area contributed by atoms with Crippen molar-refractivity contribution in [1.29, 1.82) is 0 Å². The molecule has 0 aliphatic heterocycles. The molecule has 0 unspecified atom stereocenters. The van der Waals surface area contributed by atoms with Crippen LogP contribution >= 0.6 is 0 Å². The number of aliphatic hydroxyl groups excluding tert-OH is 1. The summed E-state index contributed by atoms with van der Waals surface area (Å²) in [6.07, 6.45) is 1.66. The van der Waals surface area contributed by atoms with Gasteiger partial charge in [0.15, 0.2) is 6.61 Å². The van der Waals surface area contributed by atoms with Crippen LogP contribution in [0.3, 0.4) is 0 Å². The van der Waals surface area contributed by atoms with Gasteiger partial charge in [-0.3, -0.25) is 4.79 Å². The van der Waals surface area contributed by atoms with Gasteiger partial charge in [0.1, 0.15) is 5.75 Å². The smallest absolute Gasteiger partial charge is 0.257 e. The summed E-state index contributed by atoms with van der Waals surface area (Å²) in [5.74, 6) is 0.574. The molecular weight excluding hydrogens is 266 g/mol. The number of hydrogen-bond donors (Lipinski definition) is 2. The van der Waals surface area contributed by atoms with E-state index in [1.54, 1.807) is 0 Å². The zero-order valence-corrected chi connectivity index (χ0v) is 13.5. The summed E-state index contributed by atoms with van der Waals surface area (Å²) < 4.78 is 5.55. The van der Waals surface area contributed by atoms with Crippen molar-refractivity contribution in [3.05, 3.63) is 29.3 Å². The number of amides is 1. The molecule has 1 aromatic carbocycles. The monoisotopic (exact) mass is 293 g/mol. The van der Waals surface area contributed by atoms with E-state index in [2.05, 4.69) is 5.32 Å². The van der Waals surface area contributed by atoms with Gasteiger partial charge >= 0.3 is 0 Å². The first-order valence-electron chi connectivity index (χ1n) is 7.54. The molecule has 2 N–H and O–H groups in total. The van der Waals surface area contributed by atoms with E-state index >= 15 is 0 Å². The SMILES string of the molecule is CCC(CC)(CO)CNC(=O)COc1ccc(C)cc1C. The second-order valence-electron chi connectivity index (χ2n) is 5.70. The van der Waals surface area contributed by atoms with Gasteiger partial charge in [-0.15, -0.1) is 0 Å². The van der Waals surface area contributed by atoms with Gasteiger partial charge < -0.3 is 15.2 Å². The van der Waals surface area contributed by atoms with Crippen molar-refractivity contribution >= 4 is 5.91 Å². The summed E-state index contributed by atoms with van der Waals surface area (Å²) in [6.45, 7) is 8.59. The highest BCUT2D eigenvalue weighted by Crippen LogP contribution is 2.24. The Labute approximate surface area is 127 Å². The lowest BCUT2D eigenvalue weighted by atomic mass is 9.83. The molecule has 118 valence electrons. The maximum atomic E-state index is 11.9. The van der Waals surface area contributed by atoms with Crippen LogP contribution in [0.5, 0.6) is 5.75 Å². The van der Waals surface area contributed by atoms with Gasteiger partial charge in [0, 0.05) is 12.0 Å². The minimum Gasteiger partial charge on any atom is -0.484 e. The van der Waals surface area contributed by atoms with Crippen molar-refractivity contribution in [3.8, 4) is 5.75 Å². The predicted octanol–water partition coefficient (Wildman–Crippen LogP) is 2.60. The number of carbonyl (C=O) groups is 1. The van der Waals surface area contributed by atoms with Crippen molar-refractivity contribution in [2.24, 2.45) is 5.41 Å². The molecule has 21 heavy (non-hydrogen) atoms. The lowest BCUT2D eigenvalue weighted by molar-refractivity contribution is -0.123. The molecular formula is C17H27NO3. The topological polar surface area (TPSA) is 58.6 Å². The lowest BCUT2D eigenvalue weighted by Crippen LogP contribution is -2.41. The van der Waals surface area contributed by atoms with Crippen LogP contribution in [-0.4, -0.2) is 30.8 Å².